The van der Waals surface area contributed by atoms with E-state index in [-0.39, 0.29) is 23.7 Å². The van der Waals surface area contributed by atoms with Gasteiger partial charge in [0, 0.05) is 18.5 Å². The van der Waals surface area contributed by atoms with Gasteiger partial charge in [0.25, 0.3) is 0 Å². The molecule has 1 amide bonds. The molecule has 0 bridgehead atoms. The van der Waals surface area contributed by atoms with Crippen molar-refractivity contribution in [1.82, 2.24) is 10.2 Å². The lowest BCUT2D eigenvalue weighted by atomic mass is 9.79. The van der Waals surface area contributed by atoms with Gasteiger partial charge in [0.1, 0.15) is 5.82 Å². The Hall–Kier alpha value is -1.95. The summed E-state index contributed by atoms with van der Waals surface area (Å²) in [5, 5.41) is 11.9. The minimum absolute atomic E-state index is 0.117. The number of carbonyl (C=O) groups excluding carboxylic acids is 1. The predicted octanol–water partition coefficient (Wildman–Crippen LogP) is 2.41. The van der Waals surface area contributed by atoms with E-state index in [1.54, 1.807) is 18.9 Å². The van der Waals surface area contributed by atoms with Crippen molar-refractivity contribution in [2.75, 3.05) is 26.7 Å². The molecule has 1 aromatic carbocycles. The summed E-state index contributed by atoms with van der Waals surface area (Å²) in [5.74, 6) is -1.75. The van der Waals surface area contributed by atoms with E-state index >= 15 is 0 Å². The number of amides is 1. The van der Waals surface area contributed by atoms with Crippen molar-refractivity contribution < 1.29 is 19.1 Å². The molecule has 0 aliphatic heterocycles. The van der Waals surface area contributed by atoms with Gasteiger partial charge >= 0.3 is 5.97 Å². The van der Waals surface area contributed by atoms with Crippen molar-refractivity contribution >= 4 is 11.9 Å². The third-order valence-electron chi connectivity index (χ3n) is 5.06. The summed E-state index contributed by atoms with van der Waals surface area (Å²) in [4.78, 5) is 24.8. The smallest absolute Gasteiger partial charge is 0.307 e. The third kappa shape index (κ3) is 5.26. The highest BCUT2D eigenvalue weighted by molar-refractivity contribution is 5.78. The molecule has 0 aromatic heterocycles. The number of rotatable bonds is 8. The molecule has 0 saturated heterocycles. The van der Waals surface area contributed by atoms with Gasteiger partial charge in [-0.3, -0.25) is 14.5 Å². The highest BCUT2D eigenvalue weighted by Gasteiger charge is 2.35. The molecule has 138 valence electrons. The number of carboxylic acid groups (broad SMARTS) is 1. The first-order valence-corrected chi connectivity index (χ1v) is 8.76. The number of benzene rings is 1. The highest BCUT2D eigenvalue weighted by Crippen LogP contribution is 2.40. The highest BCUT2D eigenvalue weighted by atomic mass is 19.1. The summed E-state index contributed by atoms with van der Waals surface area (Å²) < 4.78 is 13.2. The van der Waals surface area contributed by atoms with Gasteiger partial charge in [-0.2, -0.15) is 0 Å². The number of halogens is 1. The Bertz CT molecular complexity index is 597. The van der Waals surface area contributed by atoms with Crippen LogP contribution in [0.15, 0.2) is 24.3 Å². The first-order valence-electron chi connectivity index (χ1n) is 8.76. The second kappa shape index (κ2) is 8.43. The van der Waals surface area contributed by atoms with Crippen LogP contribution in [0.2, 0.25) is 0 Å². The molecule has 1 aliphatic carbocycles. The fraction of sp³-hybridized carbons (Fsp3) is 0.579. The number of carboxylic acids is 1. The summed E-state index contributed by atoms with van der Waals surface area (Å²) in [6, 6.07) is 6.57. The van der Waals surface area contributed by atoms with Gasteiger partial charge in [-0.05, 0) is 37.6 Å². The van der Waals surface area contributed by atoms with Gasteiger partial charge in [0.2, 0.25) is 5.91 Å². The Labute approximate surface area is 148 Å². The zero-order valence-corrected chi connectivity index (χ0v) is 14.9. The van der Waals surface area contributed by atoms with Crippen LogP contribution in [-0.4, -0.2) is 48.6 Å². The maximum atomic E-state index is 13.2. The Kier molecular flexibility index (Phi) is 6.53. The molecule has 1 aliphatic rings. The van der Waals surface area contributed by atoms with Gasteiger partial charge in [-0.25, -0.2) is 4.39 Å². The number of hydrogen-bond donors (Lipinski definition) is 2. The fourth-order valence-electron chi connectivity index (χ4n) is 3.60. The Morgan fingerprint density at radius 1 is 1.28 bits per heavy atom. The largest absolute Gasteiger partial charge is 0.481 e. The number of aliphatic carboxylic acids is 1. The summed E-state index contributed by atoms with van der Waals surface area (Å²) >= 11 is 0. The first-order chi connectivity index (χ1) is 11.8. The van der Waals surface area contributed by atoms with E-state index in [4.69, 9.17) is 5.11 Å². The molecule has 2 rings (SSSR count). The van der Waals surface area contributed by atoms with Gasteiger partial charge < -0.3 is 10.4 Å². The molecule has 1 atom stereocenters. The van der Waals surface area contributed by atoms with Crippen LogP contribution in [0.3, 0.4) is 0 Å². The Balaban J connectivity index is 1.92. The van der Waals surface area contributed by atoms with Crippen LogP contribution in [0, 0.1) is 11.7 Å². The van der Waals surface area contributed by atoms with E-state index in [0.29, 0.717) is 13.1 Å². The van der Waals surface area contributed by atoms with Gasteiger partial charge in [0.15, 0.2) is 0 Å². The van der Waals surface area contributed by atoms with Gasteiger partial charge in [-0.15, -0.1) is 0 Å². The van der Waals surface area contributed by atoms with Crippen LogP contribution in [0.1, 0.15) is 38.2 Å². The molecule has 0 spiro atoms. The van der Waals surface area contributed by atoms with Crippen molar-refractivity contribution in [1.29, 1.82) is 0 Å². The molecular formula is C19H27FN2O3. The number of nitrogens with one attached hydrogen (secondary N) is 1. The van der Waals surface area contributed by atoms with E-state index in [9.17, 15) is 14.0 Å². The second-order valence-corrected chi connectivity index (χ2v) is 7.21. The van der Waals surface area contributed by atoms with Crippen LogP contribution in [-0.2, 0) is 15.0 Å². The maximum Gasteiger partial charge on any atom is 0.307 e. The normalized spacial score (nSPS) is 17.4. The lowest BCUT2D eigenvalue weighted by molar-refractivity contribution is -0.142. The van der Waals surface area contributed by atoms with E-state index in [1.165, 1.54) is 12.1 Å². The minimum atomic E-state index is -0.867. The summed E-state index contributed by atoms with van der Waals surface area (Å²) in [6.45, 7) is 2.64. The summed E-state index contributed by atoms with van der Waals surface area (Å²) in [5.41, 5.74) is 0.940. The van der Waals surface area contributed by atoms with Crippen molar-refractivity contribution in [2.24, 2.45) is 5.92 Å². The van der Waals surface area contributed by atoms with Crippen molar-refractivity contribution in [3.8, 4) is 0 Å². The molecule has 6 heteroatoms. The van der Waals surface area contributed by atoms with Crippen LogP contribution < -0.4 is 5.32 Å². The van der Waals surface area contributed by atoms with Crippen molar-refractivity contribution in [2.45, 2.75) is 38.0 Å². The quantitative estimate of drug-likeness (QED) is 0.755. The fourth-order valence-corrected chi connectivity index (χ4v) is 3.60. The lowest BCUT2D eigenvalue weighted by Gasteiger charge is -2.30. The van der Waals surface area contributed by atoms with Gasteiger partial charge in [0.05, 0.1) is 12.5 Å². The summed E-state index contributed by atoms with van der Waals surface area (Å²) in [6.07, 6.45) is 4.15. The third-order valence-corrected chi connectivity index (χ3v) is 5.06. The maximum absolute atomic E-state index is 13.2. The molecule has 1 aromatic rings. The van der Waals surface area contributed by atoms with Crippen LogP contribution >= 0.6 is 0 Å². The Morgan fingerprint density at radius 2 is 1.88 bits per heavy atom. The summed E-state index contributed by atoms with van der Waals surface area (Å²) in [7, 11) is 1.74. The molecule has 0 heterocycles. The molecule has 2 N–H and O–H groups in total. The van der Waals surface area contributed by atoms with Crippen LogP contribution in [0.25, 0.3) is 0 Å². The van der Waals surface area contributed by atoms with Crippen LogP contribution in [0.5, 0.6) is 0 Å². The average molecular weight is 350 g/mol. The SMILES string of the molecule is CC(CN(C)CC(=O)NCC1(c2ccc(F)cc2)CCCC1)C(=O)O. The molecular weight excluding hydrogens is 323 g/mol. The monoisotopic (exact) mass is 350 g/mol. The van der Waals surface area contributed by atoms with Crippen molar-refractivity contribution in [3.05, 3.63) is 35.6 Å². The molecule has 1 unspecified atom stereocenters. The van der Waals surface area contributed by atoms with Crippen LogP contribution in [0.4, 0.5) is 4.39 Å². The molecule has 1 fully saturated rings. The second-order valence-electron chi connectivity index (χ2n) is 7.21. The van der Waals surface area contributed by atoms with E-state index < -0.39 is 11.9 Å². The Morgan fingerprint density at radius 3 is 2.44 bits per heavy atom. The van der Waals surface area contributed by atoms with E-state index in [0.717, 1.165) is 31.2 Å². The first kappa shape index (κ1) is 19.4. The van der Waals surface area contributed by atoms with Crippen molar-refractivity contribution in [3.63, 3.8) is 0 Å². The lowest BCUT2D eigenvalue weighted by Crippen LogP contribution is -2.43. The average Bonchev–Trinajstić information content (AvgIpc) is 3.03. The number of nitrogens with zero attached hydrogens (tertiary/aromatic N) is 1. The van der Waals surface area contributed by atoms with E-state index in [1.807, 2.05) is 12.1 Å². The number of hydrogen-bond acceptors (Lipinski definition) is 3. The minimum Gasteiger partial charge on any atom is -0.481 e. The molecule has 0 radical (unpaired) electrons. The predicted molar refractivity (Wildman–Crippen MR) is 93.9 cm³/mol. The number of carbonyl (C=O) groups is 2. The van der Waals surface area contributed by atoms with Gasteiger partial charge in [-0.1, -0.05) is 31.9 Å². The zero-order valence-electron chi connectivity index (χ0n) is 14.9. The van der Waals surface area contributed by atoms with E-state index in [2.05, 4.69) is 5.32 Å². The molecule has 25 heavy (non-hydrogen) atoms. The zero-order chi connectivity index (χ0) is 18.4. The number of likely N-dealkylation sites (N-methyl/N-ethyl adjacent to an activating group) is 1. The molecule has 5 nitrogen and oxygen atoms in total. The molecule has 1 saturated carbocycles. The standard InChI is InChI=1S/C19H27FN2O3/c1-14(18(24)25)11-22(2)12-17(23)21-13-19(9-3-4-10-19)15-5-7-16(20)8-6-15/h5-8,14H,3-4,9-13H2,1-2H3,(H,21,23)(H,24,25). The topological polar surface area (TPSA) is 69.6 Å².